The minimum absolute atomic E-state index is 0.196. The Bertz CT molecular complexity index is 1550. The van der Waals surface area contributed by atoms with Crippen LogP contribution in [0.4, 0.5) is 8.78 Å². The number of allylic oxidation sites excluding steroid dienone is 2. The van der Waals surface area contributed by atoms with E-state index in [4.69, 9.17) is 0 Å². The third-order valence-corrected chi connectivity index (χ3v) is 30.4. The van der Waals surface area contributed by atoms with Crippen molar-refractivity contribution in [2.24, 2.45) is 0 Å². The minimum atomic E-state index is -3.07. The van der Waals surface area contributed by atoms with Crippen molar-refractivity contribution >= 4 is 20.2 Å². The van der Waals surface area contributed by atoms with E-state index in [0.29, 0.717) is 7.35 Å². The van der Waals surface area contributed by atoms with Crippen molar-refractivity contribution in [3.8, 4) is 22.3 Å². The molecule has 4 aromatic carbocycles. The standard InChI is InChI=1S/C32H24F2Si.2CH3.Hf/c1-35(2,27-17-23-5-3-7-29(31(23)19-27)21-9-13-25(33)14-10-21)28-18-24-6-4-8-30(32(24)20-28)22-11-15-26(34)16-12-22;;;/h3-20H,1-2H3;2*1H3;. The molecule has 0 bridgehead atoms. The normalized spacial score (nSPS) is 21.6. The predicted molar refractivity (Wildman–Crippen MR) is 154 cm³/mol. The van der Waals surface area contributed by atoms with Crippen LogP contribution in [0.25, 0.3) is 34.4 Å². The van der Waals surface area contributed by atoms with Crippen LogP contribution < -0.4 is 0 Å². The summed E-state index contributed by atoms with van der Waals surface area (Å²) in [6.07, 6.45) is 5.07. The van der Waals surface area contributed by atoms with Gasteiger partial charge in [0.2, 0.25) is 0 Å². The van der Waals surface area contributed by atoms with Gasteiger partial charge in [-0.2, -0.15) is 0 Å². The van der Waals surface area contributed by atoms with Gasteiger partial charge in [-0.1, -0.05) is 0 Å². The number of fused-ring (bicyclic) bond motifs is 6. The predicted octanol–water partition coefficient (Wildman–Crippen LogP) is 9.93. The molecule has 0 radical (unpaired) electrons. The van der Waals surface area contributed by atoms with Gasteiger partial charge in [-0.25, -0.2) is 0 Å². The molecule has 1 heterocycles. The van der Waals surface area contributed by atoms with E-state index in [-0.39, 0.29) is 11.6 Å². The molecule has 2 atom stereocenters. The van der Waals surface area contributed by atoms with Gasteiger partial charge in [0.15, 0.2) is 0 Å². The van der Waals surface area contributed by atoms with Gasteiger partial charge in [-0.3, -0.25) is 0 Å². The Balaban J connectivity index is 1.42. The first kappa shape index (κ1) is 24.4. The Hall–Kier alpha value is -2.69. The summed E-state index contributed by atoms with van der Waals surface area (Å²) in [4.78, 5) is 0. The summed E-state index contributed by atoms with van der Waals surface area (Å²) in [7, 11) is -1.94. The molecule has 3 aliphatic rings. The number of halogens is 2. The molecule has 2 aliphatic carbocycles. The molecule has 188 valence electrons. The first-order valence-corrected chi connectivity index (χ1v) is 27.7. The van der Waals surface area contributed by atoms with Crippen LogP contribution in [0, 0.1) is 11.6 Å². The van der Waals surface area contributed by atoms with E-state index >= 15 is 0 Å². The summed E-state index contributed by atoms with van der Waals surface area (Å²) >= 11 is -3.07. The number of rotatable bonds is 2. The van der Waals surface area contributed by atoms with E-state index in [1.54, 1.807) is 34.7 Å². The fourth-order valence-corrected chi connectivity index (χ4v) is 39.7. The van der Waals surface area contributed by atoms with Crippen LogP contribution in [-0.2, 0) is 20.0 Å². The summed E-state index contributed by atoms with van der Waals surface area (Å²) in [5, 5.41) is 3.37. The number of benzene rings is 4. The third kappa shape index (κ3) is 3.39. The topological polar surface area (TPSA) is 0 Å². The van der Waals surface area contributed by atoms with Gasteiger partial charge in [0, 0.05) is 0 Å². The van der Waals surface area contributed by atoms with Crippen LogP contribution in [0.1, 0.15) is 29.6 Å². The second-order valence-corrected chi connectivity index (χ2v) is 33.8. The van der Waals surface area contributed by atoms with Gasteiger partial charge in [0.25, 0.3) is 0 Å². The number of hydrogen-bond acceptors (Lipinski definition) is 0. The van der Waals surface area contributed by atoms with Crippen LogP contribution in [0.3, 0.4) is 0 Å². The second-order valence-electron chi connectivity index (χ2n) is 12.1. The molecular weight excluding hydrogens is 653 g/mol. The van der Waals surface area contributed by atoms with Crippen LogP contribution in [0.15, 0.2) is 95.3 Å². The van der Waals surface area contributed by atoms with Gasteiger partial charge in [0.1, 0.15) is 0 Å². The van der Waals surface area contributed by atoms with Crippen LogP contribution in [0.5, 0.6) is 0 Å². The van der Waals surface area contributed by atoms with Crippen LogP contribution in [-0.4, -0.2) is 8.07 Å². The third-order valence-electron chi connectivity index (χ3n) is 9.37. The summed E-state index contributed by atoms with van der Waals surface area (Å²) in [5.41, 5.74) is 10.3. The molecule has 0 aromatic heterocycles. The molecule has 1 fully saturated rings. The van der Waals surface area contributed by atoms with Gasteiger partial charge in [0.05, 0.1) is 0 Å². The van der Waals surface area contributed by atoms with Gasteiger partial charge >= 0.3 is 230 Å². The Morgan fingerprint density at radius 3 is 1.37 bits per heavy atom. The quantitative estimate of drug-likeness (QED) is 0.185. The van der Waals surface area contributed by atoms with E-state index < -0.39 is 28.0 Å². The van der Waals surface area contributed by atoms with E-state index in [1.165, 1.54) is 33.4 Å². The zero-order valence-electron chi connectivity index (χ0n) is 22.1. The van der Waals surface area contributed by atoms with E-state index in [1.807, 2.05) is 24.3 Å². The summed E-state index contributed by atoms with van der Waals surface area (Å²) in [6.45, 7) is 5.08. The zero-order valence-corrected chi connectivity index (χ0v) is 26.7. The molecule has 0 nitrogen and oxygen atoms in total. The Kier molecular flexibility index (Phi) is 5.38. The van der Waals surface area contributed by atoms with Crippen molar-refractivity contribution < 1.29 is 28.7 Å². The monoisotopic (exact) mass is 684 g/mol. The molecule has 0 N–H and O–H groups in total. The fraction of sp³-hybridized carbons (Fsp3) is 0.176. The zero-order chi connectivity index (χ0) is 26.4. The maximum absolute atomic E-state index is 13.7. The molecule has 0 amide bonds. The average Bonchev–Trinajstić information content (AvgIpc) is 3.51. The van der Waals surface area contributed by atoms with E-state index in [0.717, 1.165) is 11.1 Å². The summed E-state index contributed by atoms with van der Waals surface area (Å²) in [5.74, 6) is -0.392. The molecule has 1 aliphatic heterocycles. The molecular formula is C34H30F2HfSi. The first-order valence-electron chi connectivity index (χ1n) is 13.4. The molecule has 4 heteroatoms. The van der Waals surface area contributed by atoms with Gasteiger partial charge < -0.3 is 0 Å². The molecule has 1 saturated heterocycles. The van der Waals surface area contributed by atoms with Gasteiger partial charge in [-0.15, -0.1) is 0 Å². The second kappa shape index (κ2) is 8.40. The van der Waals surface area contributed by atoms with Crippen molar-refractivity contribution in [1.82, 2.24) is 0 Å². The Morgan fingerprint density at radius 2 is 0.974 bits per heavy atom. The van der Waals surface area contributed by atoms with Crippen molar-refractivity contribution in [1.29, 1.82) is 0 Å². The molecule has 0 saturated carbocycles. The SMILES string of the molecule is C[Si]1(C)C2=Cc3c(-c4ccc(F)cc4)cccc3[CH]2[Hf]([CH3])([CH3])[CH]2C1=Cc1c(-c3ccc(F)cc3)cccc12. The van der Waals surface area contributed by atoms with Gasteiger partial charge in [-0.05, 0) is 0 Å². The van der Waals surface area contributed by atoms with E-state index in [2.05, 4.69) is 71.0 Å². The molecule has 0 spiro atoms. The van der Waals surface area contributed by atoms with Crippen molar-refractivity contribution in [3.05, 3.63) is 129 Å². The Morgan fingerprint density at radius 1 is 0.579 bits per heavy atom. The molecule has 4 aromatic rings. The molecule has 2 unspecified atom stereocenters. The first-order chi connectivity index (χ1) is 18.2. The maximum atomic E-state index is 13.7. The number of hydrogen-bond donors (Lipinski definition) is 0. The average molecular weight is 683 g/mol. The summed E-state index contributed by atoms with van der Waals surface area (Å²) in [6, 6.07) is 27.4. The van der Waals surface area contributed by atoms with Crippen molar-refractivity contribution in [2.45, 2.75) is 29.8 Å². The molecule has 38 heavy (non-hydrogen) atoms. The van der Waals surface area contributed by atoms with E-state index in [9.17, 15) is 8.78 Å². The Labute approximate surface area is 229 Å². The molecule has 7 rings (SSSR count). The van der Waals surface area contributed by atoms with Crippen molar-refractivity contribution in [2.75, 3.05) is 0 Å². The van der Waals surface area contributed by atoms with Crippen LogP contribution >= 0.6 is 0 Å². The fourth-order valence-electron chi connectivity index (χ4n) is 7.59. The van der Waals surface area contributed by atoms with Crippen LogP contribution in [0.2, 0.25) is 22.5 Å². The summed E-state index contributed by atoms with van der Waals surface area (Å²) < 4.78 is 33.9. The van der Waals surface area contributed by atoms with Crippen molar-refractivity contribution in [3.63, 3.8) is 0 Å².